The zero-order valence-corrected chi connectivity index (χ0v) is 36.0. The van der Waals surface area contributed by atoms with Crippen LogP contribution in [0.15, 0.2) is 164 Å². The van der Waals surface area contributed by atoms with E-state index >= 15 is 0 Å². The molecule has 2 aliphatic rings. The lowest BCUT2D eigenvalue weighted by atomic mass is 9.59. The molecule has 1 heteroatoms. The van der Waals surface area contributed by atoms with E-state index in [0.29, 0.717) is 0 Å². The van der Waals surface area contributed by atoms with Gasteiger partial charge in [-0.05, 0) is 130 Å². The molecule has 7 aromatic carbocycles. The van der Waals surface area contributed by atoms with Crippen LogP contribution in [0, 0.1) is 41.4 Å². The molecule has 10 rings (SSSR count). The lowest BCUT2D eigenvalue weighted by molar-refractivity contribution is 0.252. The number of rotatable bonds is 4. The second-order valence-corrected chi connectivity index (χ2v) is 17.1. The van der Waals surface area contributed by atoms with E-state index in [2.05, 4.69) is 233 Å². The normalized spacial score (nSPS) is 14.5. The van der Waals surface area contributed by atoms with E-state index in [0.717, 1.165) is 45.2 Å². The number of benzene rings is 7. The second kappa shape index (κ2) is 14.9. The van der Waals surface area contributed by atoms with Crippen LogP contribution in [-0.4, -0.2) is 4.57 Å². The van der Waals surface area contributed by atoms with Crippen LogP contribution < -0.4 is 10.6 Å². The van der Waals surface area contributed by atoms with Crippen LogP contribution in [0.25, 0.3) is 51.0 Å². The minimum Gasteiger partial charge on any atom is -0.310 e. The smallest absolute Gasteiger partial charge is 0.108 e. The van der Waals surface area contributed by atoms with Crippen molar-refractivity contribution in [2.75, 3.05) is 0 Å². The number of fused-ring (bicyclic) bond motifs is 7. The first-order chi connectivity index (χ1) is 30.3. The van der Waals surface area contributed by atoms with Crippen molar-refractivity contribution >= 4 is 23.1 Å². The van der Waals surface area contributed by atoms with E-state index in [9.17, 15) is 0 Å². The predicted molar refractivity (Wildman–Crippen MR) is 259 cm³/mol. The summed E-state index contributed by atoms with van der Waals surface area (Å²) in [5, 5.41) is 3.52. The van der Waals surface area contributed by atoms with Gasteiger partial charge in [0.25, 0.3) is 0 Å². The number of aromatic nitrogens is 1. The zero-order valence-electron chi connectivity index (χ0n) is 36.0. The lowest BCUT2D eigenvalue weighted by Gasteiger charge is -2.42. The van der Waals surface area contributed by atoms with Crippen molar-refractivity contribution in [1.82, 2.24) is 4.57 Å². The van der Waals surface area contributed by atoms with Crippen LogP contribution in [0.4, 0.5) is 0 Å². The molecule has 0 fully saturated rings. The van der Waals surface area contributed by atoms with Gasteiger partial charge in [-0.3, -0.25) is 0 Å². The molecule has 0 atom stereocenters. The molecular formula is C61H47N. The van der Waals surface area contributed by atoms with Gasteiger partial charge in [-0.1, -0.05) is 172 Å². The Balaban J connectivity index is 1.16. The Kier molecular flexibility index (Phi) is 9.29. The molecule has 0 spiro atoms. The average Bonchev–Trinajstić information content (AvgIpc) is 3.92. The third-order valence-corrected chi connectivity index (χ3v) is 13.8. The highest BCUT2D eigenvalue weighted by atomic mass is 15.0. The summed E-state index contributed by atoms with van der Waals surface area (Å²) in [7, 11) is 0. The fraction of sp³-hybridized carbons (Fsp3) is 0.148. The molecule has 1 heterocycles. The van der Waals surface area contributed by atoms with Crippen LogP contribution in [0.3, 0.4) is 0 Å². The molecular weight excluding hydrogens is 747 g/mol. The number of nitrogens with zero attached hydrogens (tertiary/aromatic N) is 1. The van der Waals surface area contributed by atoms with Gasteiger partial charge in [0, 0.05) is 38.3 Å². The van der Waals surface area contributed by atoms with E-state index in [1.165, 1.54) is 55.1 Å². The number of terminal acetylenes is 1. The summed E-state index contributed by atoms with van der Waals surface area (Å²) in [6.07, 6.45) is 11.1. The van der Waals surface area contributed by atoms with Crippen LogP contribution in [-0.2, 0) is 10.8 Å². The minimum atomic E-state index is -0.729. The topological polar surface area (TPSA) is 4.93 Å². The SMILES string of the molecule is C#Cc1ccc(-n2c(=C/C)/c(=C\C)c3cc(C4(C#Cc5cccc(C#CC6(C(C)(C)CC)c7ccccc7-c7ccccc76)c5)c5ccccc5-c5ccccc54)ccc32)cc1. The van der Waals surface area contributed by atoms with E-state index in [-0.39, 0.29) is 5.41 Å². The third kappa shape index (κ3) is 5.61. The van der Waals surface area contributed by atoms with Crippen molar-refractivity contribution in [3.8, 4) is 64.0 Å². The molecule has 1 nitrogen and oxygen atoms in total. The Bertz CT molecular complexity index is 3320. The van der Waals surface area contributed by atoms with Crippen LogP contribution in [0.2, 0.25) is 0 Å². The highest BCUT2D eigenvalue weighted by Crippen LogP contribution is 2.58. The van der Waals surface area contributed by atoms with Crippen LogP contribution in [0.5, 0.6) is 0 Å². The molecule has 0 radical (unpaired) electrons. The Labute approximate surface area is 366 Å². The van der Waals surface area contributed by atoms with E-state index < -0.39 is 10.8 Å². The largest absolute Gasteiger partial charge is 0.310 e. The van der Waals surface area contributed by atoms with Gasteiger partial charge in [-0.2, -0.15) is 0 Å². The summed E-state index contributed by atoms with van der Waals surface area (Å²) in [6.45, 7) is 11.3. The van der Waals surface area contributed by atoms with Crippen molar-refractivity contribution < 1.29 is 0 Å². The Morgan fingerprint density at radius 1 is 0.565 bits per heavy atom. The molecule has 2 aliphatic carbocycles. The summed E-state index contributed by atoms with van der Waals surface area (Å²) in [5.74, 6) is 18.1. The molecule has 0 saturated heterocycles. The molecule has 0 N–H and O–H groups in total. The maximum Gasteiger partial charge on any atom is 0.108 e. The fourth-order valence-electron chi connectivity index (χ4n) is 10.4. The third-order valence-electron chi connectivity index (χ3n) is 13.8. The molecule has 1 aromatic heterocycles. The summed E-state index contributed by atoms with van der Waals surface area (Å²) in [5.41, 5.74) is 14.7. The molecule has 0 saturated carbocycles. The molecule has 0 unspecified atom stereocenters. The van der Waals surface area contributed by atoms with Crippen molar-refractivity contribution in [3.05, 3.63) is 219 Å². The van der Waals surface area contributed by atoms with E-state index in [1.54, 1.807) is 0 Å². The number of hydrogen-bond acceptors (Lipinski definition) is 0. The highest BCUT2D eigenvalue weighted by Gasteiger charge is 2.51. The lowest BCUT2D eigenvalue weighted by Crippen LogP contribution is -2.40. The Hall–Kier alpha value is -7.50. The summed E-state index contributed by atoms with van der Waals surface area (Å²) >= 11 is 0. The fourth-order valence-corrected chi connectivity index (χ4v) is 10.4. The molecule has 62 heavy (non-hydrogen) atoms. The van der Waals surface area contributed by atoms with Gasteiger partial charge >= 0.3 is 0 Å². The van der Waals surface area contributed by atoms with Gasteiger partial charge in [-0.25, -0.2) is 0 Å². The van der Waals surface area contributed by atoms with Gasteiger partial charge in [0.15, 0.2) is 0 Å². The predicted octanol–water partition coefficient (Wildman–Crippen LogP) is 12.3. The van der Waals surface area contributed by atoms with Crippen molar-refractivity contribution in [3.63, 3.8) is 0 Å². The van der Waals surface area contributed by atoms with Gasteiger partial charge in [-0.15, -0.1) is 6.42 Å². The summed E-state index contributed by atoms with van der Waals surface area (Å²) in [4.78, 5) is 0. The minimum absolute atomic E-state index is 0.129. The van der Waals surface area contributed by atoms with Gasteiger partial charge < -0.3 is 4.57 Å². The molecule has 0 amide bonds. The molecule has 296 valence electrons. The quantitative estimate of drug-likeness (QED) is 0.156. The average molecular weight is 794 g/mol. The maximum absolute atomic E-state index is 5.74. The molecule has 8 aromatic rings. The van der Waals surface area contributed by atoms with E-state index in [4.69, 9.17) is 6.42 Å². The number of hydrogen-bond donors (Lipinski definition) is 0. The zero-order chi connectivity index (χ0) is 42.6. The first-order valence-corrected chi connectivity index (χ1v) is 21.7. The van der Waals surface area contributed by atoms with Crippen LogP contribution >= 0.6 is 0 Å². The second-order valence-electron chi connectivity index (χ2n) is 17.1. The maximum atomic E-state index is 5.74. The Morgan fingerprint density at radius 2 is 1.10 bits per heavy atom. The van der Waals surface area contributed by atoms with Crippen molar-refractivity contribution in [2.24, 2.45) is 5.41 Å². The van der Waals surface area contributed by atoms with Gasteiger partial charge in [0.05, 0.1) is 10.9 Å². The standard InChI is InChI=1S/C61H47N/c1-7-42-30-33-46(34-31-42)62-57(9-3)47(8-2)52-41-45(32-35-58(52)62)60(53-26-15-11-22-48(53)49-23-12-16-27-54(49)60)38-36-43-20-19-21-44(40-43)37-39-61(59(5,6)10-4)55-28-17-13-24-50(55)51-25-14-18-29-56(51)61/h1,8-9,11-35,40-41H,10H2,2-6H3/b47-8-,57-9+. The van der Waals surface area contributed by atoms with Crippen LogP contribution in [0.1, 0.15) is 85.5 Å². The Morgan fingerprint density at radius 3 is 1.63 bits per heavy atom. The van der Waals surface area contributed by atoms with Crippen molar-refractivity contribution in [2.45, 2.75) is 51.9 Å². The summed E-state index contributed by atoms with van der Waals surface area (Å²) < 4.78 is 2.34. The van der Waals surface area contributed by atoms with Gasteiger partial charge in [0.1, 0.15) is 5.41 Å². The monoisotopic (exact) mass is 793 g/mol. The summed E-state index contributed by atoms with van der Waals surface area (Å²) in [6, 6.07) is 59.0. The highest BCUT2D eigenvalue weighted by molar-refractivity contribution is 5.90. The van der Waals surface area contributed by atoms with Crippen molar-refractivity contribution in [1.29, 1.82) is 0 Å². The van der Waals surface area contributed by atoms with E-state index in [1.807, 2.05) is 12.1 Å². The first-order valence-electron chi connectivity index (χ1n) is 21.7. The first kappa shape index (κ1) is 38.7. The molecule has 0 bridgehead atoms. The molecule has 0 aliphatic heterocycles. The van der Waals surface area contributed by atoms with Gasteiger partial charge in [0.2, 0.25) is 0 Å².